The summed E-state index contributed by atoms with van der Waals surface area (Å²) in [5.41, 5.74) is 0. The lowest BCUT2D eigenvalue weighted by atomic mass is 10.0. The number of hydrogen-bond acceptors (Lipinski definition) is 3. The Morgan fingerprint density at radius 3 is 2.93 bits per heavy atom. The highest BCUT2D eigenvalue weighted by atomic mass is 16.5. The van der Waals surface area contributed by atoms with Gasteiger partial charge in [0.1, 0.15) is 0 Å². The third-order valence-electron chi connectivity index (χ3n) is 3.31. The zero-order valence-corrected chi connectivity index (χ0v) is 10.1. The Balaban J connectivity index is 2.28. The molecular formula is C12H25NO2. The first kappa shape index (κ1) is 12.9. The number of likely N-dealkylation sites (tertiary alicyclic amines) is 1. The molecule has 0 aromatic rings. The lowest BCUT2D eigenvalue weighted by Crippen LogP contribution is -2.42. The Kier molecular flexibility index (Phi) is 6.22. The summed E-state index contributed by atoms with van der Waals surface area (Å²) in [4.78, 5) is 2.38. The van der Waals surface area contributed by atoms with Crippen molar-refractivity contribution in [3.63, 3.8) is 0 Å². The van der Waals surface area contributed by atoms with Crippen molar-refractivity contribution in [1.82, 2.24) is 4.90 Å². The quantitative estimate of drug-likeness (QED) is 0.735. The van der Waals surface area contributed by atoms with Crippen molar-refractivity contribution in [3.05, 3.63) is 0 Å². The SMILES string of the molecule is CCC(C)OCN1CCCCC1CCO. The third-order valence-corrected chi connectivity index (χ3v) is 3.31. The second kappa shape index (κ2) is 7.20. The molecule has 0 spiro atoms. The zero-order valence-electron chi connectivity index (χ0n) is 10.1. The summed E-state index contributed by atoms with van der Waals surface area (Å²) >= 11 is 0. The lowest BCUT2D eigenvalue weighted by Gasteiger charge is -2.35. The molecule has 3 heteroatoms. The van der Waals surface area contributed by atoms with Gasteiger partial charge >= 0.3 is 0 Å². The Morgan fingerprint density at radius 1 is 1.47 bits per heavy atom. The van der Waals surface area contributed by atoms with Crippen LogP contribution >= 0.6 is 0 Å². The van der Waals surface area contributed by atoms with Crippen LogP contribution in [-0.2, 0) is 4.74 Å². The van der Waals surface area contributed by atoms with E-state index >= 15 is 0 Å². The molecule has 0 bridgehead atoms. The van der Waals surface area contributed by atoms with Gasteiger partial charge in [-0.25, -0.2) is 0 Å². The third kappa shape index (κ3) is 4.49. The molecule has 3 nitrogen and oxygen atoms in total. The Hall–Kier alpha value is -0.120. The van der Waals surface area contributed by atoms with E-state index in [1.807, 2.05) is 0 Å². The molecule has 0 aliphatic carbocycles. The van der Waals surface area contributed by atoms with Crippen LogP contribution in [0.15, 0.2) is 0 Å². The normalized spacial score (nSPS) is 25.4. The molecule has 2 atom stereocenters. The molecule has 0 aromatic heterocycles. The molecule has 90 valence electrons. The second-order valence-corrected chi connectivity index (χ2v) is 4.49. The summed E-state index contributed by atoms with van der Waals surface area (Å²) in [5.74, 6) is 0. The number of aliphatic hydroxyl groups excluding tert-OH is 1. The minimum absolute atomic E-state index is 0.296. The highest BCUT2D eigenvalue weighted by Crippen LogP contribution is 2.19. The minimum Gasteiger partial charge on any atom is -0.396 e. The van der Waals surface area contributed by atoms with Gasteiger partial charge in [0.05, 0.1) is 12.8 Å². The van der Waals surface area contributed by atoms with Crippen LogP contribution in [0.1, 0.15) is 46.0 Å². The van der Waals surface area contributed by atoms with Gasteiger partial charge in [-0.15, -0.1) is 0 Å². The highest BCUT2D eigenvalue weighted by molar-refractivity contribution is 4.74. The number of ether oxygens (including phenoxy) is 1. The molecule has 1 aliphatic rings. The Morgan fingerprint density at radius 2 is 2.27 bits per heavy atom. The van der Waals surface area contributed by atoms with Crippen LogP contribution < -0.4 is 0 Å². The Bertz CT molecular complexity index is 162. The van der Waals surface area contributed by atoms with E-state index in [1.165, 1.54) is 19.3 Å². The van der Waals surface area contributed by atoms with Gasteiger partial charge in [-0.2, -0.15) is 0 Å². The number of rotatable bonds is 6. The molecule has 0 amide bonds. The van der Waals surface area contributed by atoms with Crippen molar-refractivity contribution >= 4 is 0 Å². The highest BCUT2D eigenvalue weighted by Gasteiger charge is 2.21. The summed E-state index contributed by atoms with van der Waals surface area (Å²) in [6.45, 7) is 6.42. The summed E-state index contributed by atoms with van der Waals surface area (Å²) in [7, 11) is 0. The van der Waals surface area contributed by atoms with Crippen LogP contribution in [0.3, 0.4) is 0 Å². The van der Waals surface area contributed by atoms with E-state index in [4.69, 9.17) is 9.84 Å². The first-order chi connectivity index (χ1) is 7.27. The fourth-order valence-electron chi connectivity index (χ4n) is 2.05. The molecule has 0 saturated carbocycles. The monoisotopic (exact) mass is 215 g/mol. The maximum atomic E-state index is 8.99. The van der Waals surface area contributed by atoms with Crippen LogP contribution in [0.5, 0.6) is 0 Å². The van der Waals surface area contributed by atoms with Gasteiger partial charge in [0, 0.05) is 19.2 Å². The summed E-state index contributed by atoms with van der Waals surface area (Å²) in [6.07, 6.45) is 6.09. The van der Waals surface area contributed by atoms with Crippen LogP contribution in [0.4, 0.5) is 0 Å². The first-order valence-corrected chi connectivity index (χ1v) is 6.24. The van der Waals surface area contributed by atoms with Gasteiger partial charge in [-0.1, -0.05) is 13.3 Å². The van der Waals surface area contributed by atoms with Gasteiger partial charge in [-0.05, 0) is 32.6 Å². The van der Waals surface area contributed by atoms with Crippen LogP contribution in [0.2, 0.25) is 0 Å². The standard InChI is InChI=1S/C12H25NO2/c1-3-11(2)15-10-13-8-5-4-6-12(13)7-9-14/h11-12,14H,3-10H2,1-2H3. The van der Waals surface area contributed by atoms with Crippen molar-refractivity contribution in [2.45, 2.75) is 58.1 Å². The predicted molar refractivity (Wildman–Crippen MR) is 61.8 cm³/mol. The van der Waals surface area contributed by atoms with Crippen molar-refractivity contribution in [1.29, 1.82) is 0 Å². The van der Waals surface area contributed by atoms with E-state index in [2.05, 4.69) is 18.7 Å². The molecule has 1 rings (SSSR count). The number of nitrogens with zero attached hydrogens (tertiary/aromatic N) is 1. The summed E-state index contributed by atoms with van der Waals surface area (Å²) in [5, 5.41) is 8.99. The molecule has 1 heterocycles. The molecule has 0 radical (unpaired) electrons. The van der Waals surface area contributed by atoms with Gasteiger partial charge in [-0.3, -0.25) is 4.90 Å². The smallest absolute Gasteiger partial charge is 0.0996 e. The average molecular weight is 215 g/mol. The molecule has 1 N–H and O–H groups in total. The van der Waals surface area contributed by atoms with E-state index in [0.717, 1.165) is 26.1 Å². The van der Waals surface area contributed by atoms with Crippen LogP contribution in [-0.4, -0.2) is 42.0 Å². The lowest BCUT2D eigenvalue weighted by molar-refractivity contribution is -0.0472. The van der Waals surface area contributed by atoms with Crippen molar-refractivity contribution in [2.75, 3.05) is 19.9 Å². The van der Waals surface area contributed by atoms with Gasteiger partial charge in [0.2, 0.25) is 0 Å². The predicted octanol–water partition coefficient (Wildman–Crippen LogP) is 2.00. The molecule has 15 heavy (non-hydrogen) atoms. The molecule has 1 aliphatic heterocycles. The first-order valence-electron chi connectivity index (χ1n) is 6.24. The Labute approximate surface area is 93.4 Å². The average Bonchev–Trinajstić information content (AvgIpc) is 2.28. The summed E-state index contributed by atoms with van der Waals surface area (Å²) < 4.78 is 5.75. The van der Waals surface area contributed by atoms with Crippen molar-refractivity contribution in [3.8, 4) is 0 Å². The number of aliphatic hydroxyl groups is 1. The van der Waals surface area contributed by atoms with Gasteiger partial charge in [0.15, 0.2) is 0 Å². The summed E-state index contributed by atoms with van der Waals surface area (Å²) in [6, 6.07) is 0.535. The van der Waals surface area contributed by atoms with E-state index < -0.39 is 0 Å². The van der Waals surface area contributed by atoms with Gasteiger partial charge < -0.3 is 9.84 Å². The topological polar surface area (TPSA) is 32.7 Å². The second-order valence-electron chi connectivity index (χ2n) is 4.49. The fourth-order valence-corrected chi connectivity index (χ4v) is 2.05. The fraction of sp³-hybridized carbons (Fsp3) is 1.00. The van der Waals surface area contributed by atoms with E-state index in [9.17, 15) is 0 Å². The largest absolute Gasteiger partial charge is 0.396 e. The number of piperidine rings is 1. The molecular weight excluding hydrogens is 190 g/mol. The molecule has 1 fully saturated rings. The van der Waals surface area contributed by atoms with Crippen molar-refractivity contribution < 1.29 is 9.84 Å². The van der Waals surface area contributed by atoms with E-state index in [-0.39, 0.29) is 0 Å². The van der Waals surface area contributed by atoms with Crippen LogP contribution in [0, 0.1) is 0 Å². The van der Waals surface area contributed by atoms with Crippen molar-refractivity contribution in [2.24, 2.45) is 0 Å². The minimum atomic E-state index is 0.296. The maximum absolute atomic E-state index is 8.99. The molecule has 1 saturated heterocycles. The zero-order chi connectivity index (χ0) is 11.1. The maximum Gasteiger partial charge on any atom is 0.0996 e. The number of hydrogen-bond donors (Lipinski definition) is 1. The van der Waals surface area contributed by atoms with Crippen LogP contribution in [0.25, 0.3) is 0 Å². The molecule has 0 aromatic carbocycles. The van der Waals surface area contributed by atoms with Gasteiger partial charge in [0.25, 0.3) is 0 Å². The molecule has 2 unspecified atom stereocenters. The van der Waals surface area contributed by atoms with E-state index in [1.54, 1.807) is 0 Å². The van der Waals surface area contributed by atoms with E-state index in [0.29, 0.717) is 18.8 Å².